The van der Waals surface area contributed by atoms with Crippen LogP contribution in [0.25, 0.3) is 0 Å². The van der Waals surface area contributed by atoms with Crippen LogP contribution in [0.2, 0.25) is 0 Å². The Bertz CT molecular complexity index is 253. The van der Waals surface area contributed by atoms with Crippen molar-refractivity contribution < 1.29 is 17.9 Å². The zero-order valence-electron chi connectivity index (χ0n) is 11.9. The highest BCUT2D eigenvalue weighted by molar-refractivity contribution is 4.87. The normalized spacial score (nSPS) is 19.9. The highest BCUT2D eigenvalue weighted by atomic mass is 19.4. The fourth-order valence-corrected chi connectivity index (χ4v) is 2.59. The predicted octanol–water partition coefficient (Wildman–Crippen LogP) is 2.28. The maximum atomic E-state index is 12.5. The van der Waals surface area contributed by atoms with Gasteiger partial charge in [0, 0.05) is 26.3 Å². The van der Waals surface area contributed by atoms with Gasteiger partial charge in [-0.3, -0.25) is 4.90 Å². The van der Waals surface area contributed by atoms with Crippen LogP contribution < -0.4 is 5.32 Å². The molecule has 1 N–H and O–H groups in total. The number of halogens is 3. The summed E-state index contributed by atoms with van der Waals surface area (Å²) >= 11 is 0. The van der Waals surface area contributed by atoms with Crippen LogP contribution in [0, 0.1) is 5.41 Å². The molecule has 6 heteroatoms. The van der Waals surface area contributed by atoms with Gasteiger partial charge in [-0.15, -0.1) is 0 Å². The molecule has 3 nitrogen and oxygen atoms in total. The van der Waals surface area contributed by atoms with Crippen LogP contribution in [-0.2, 0) is 4.74 Å². The largest absolute Gasteiger partial charge is 0.401 e. The first kappa shape index (κ1) is 16.7. The van der Waals surface area contributed by atoms with E-state index in [2.05, 4.69) is 5.32 Å². The Labute approximate surface area is 113 Å². The zero-order valence-corrected chi connectivity index (χ0v) is 11.9. The topological polar surface area (TPSA) is 24.5 Å². The van der Waals surface area contributed by atoms with Gasteiger partial charge >= 0.3 is 6.18 Å². The minimum absolute atomic E-state index is 0.0878. The first-order chi connectivity index (χ1) is 8.91. The lowest BCUT2D eigenvalue weighted by Gasteiger charge is -2.41. The number of nitrogens with zero attached hydrogens (tertiary/aromatic N) is 1. The van der Waals surface area contributed by atoms with E-state index in [1.807, 2.05) is 6.92 Å². The van der Waals surface area contributed by atoms with E-state index in [9.17, 15) is 13.2 Å². The van der Waals surface area contributed by atoms with Crippen LogP contribution in [0.15, 0.2) is 0 Å². The van der Waals surface area contributed by atoms with Gasteiger partial charge in [0.15, 0.2) is 0 Å². The summed E-state index contributed by atoms with van der Waals surface area (Å²) in [5.74, 6) is 0. The first-order valence-corrected chi connectivity index (χ1v) is 6.98. The molecule has 0 radical (unpaired) electrons. The van der Waals surface area contributed by atoms with Crippen molar-refractivity contribution in [2.75, 3.05) is 45.9 Å². The van der Waals surface area contributed by atoms with Crippen LogP contribution >= 0.6 is 0 Å². The molecule has 1 aliphatic heterocycles. The second-order valence-corrected chi connectivity index (χ2v) is 5.31. The van der Waals surface area contributed by atoms with Crippen molar-refractivity contribution in [1.82, 2.24) is 10.2 Å². The highest BCUT2D eigenvalue weighted by Gasteiger charge is 2.37. The Morgan fingerprint density at radius 2 is 1.84 bits per heavy atom. The van der Waals surface area contributed by atoms with Gasteiger partial charge in [-0.2, -0.15) is 13.2 Å². The number of alkyl halides is 3. The van der Waals surface area contributed by atoms with Gasteiger partial charge in [-0.25, -0.2) is 0 Å². The summed E-state index contributed by atoms with van der Waals surface area (Å²) < 4.78 is 43.0. The molecule has 0 aliphatic carbocycles. The summed E-state index contributed by atoms with van der Waals surface area (Å²) in [6.07, 6.45) is -2.47. The third kappa shape index (κ3) is 6.10. The van der Waals surface area contributed by atoms with Crippen molar-refractivity contribution in [2.45, 2.75) is 32.9 Å². The van der Waals surface area contributed by atoms with Gasteiger partial charge in [0.05, 0.1) is 6.54 Å². The number of ether oxygens (including phenoxy) is 1. The highest BCUT2D eigenvalue weighted by Crippen LogP contribution is 2.32. The number of hydrogen-bond donors (Lipinski definition) is 1. The predicted molar refractivity (Wildman–Crippen MR) is 69.2 cm³/mol. The molecule has 1 aliphatic rings. The average Bonchev–Trinajstić information content (AvgIpc) is 2.35. The summed E-state index contributed by atoms with van der Waals surface area (Å²) in [7, 11) is 0. The Hall–Kier alpha value is -0.330. The van der Waals surface area contributed by atoms with Crippen LogP contribution in [0.5, 0.6) is 0 Å². The third-order valence-electron chi connectivity index (χ3n) is 3.71. The van der Waals surface area contributed by atoms with E-state index in [4.69, 9.17) is 4.74 Å². The molecule has 1 fully saturated rings. The number of hydrogen-bond acceptors (Lipinski definition) is 3. The van der Waals surface area contributed by atoms with Crippen molar-refractivity contribution in [2.24, 2.45) is 5.41 Å². The van der Waals surface area contributed by atoms with Gasteiger partial charge in [0.1, 0.15) is 0 Å². The molecule has 1 rings (SSSR count). The molecule has 19 heavy (non-hydrogen) atoms. The van der Waals surface area contributed by atoms with Gasteiger partial charge in [0.25, 0.3) is 0 Å². The molecule has 0 aromatic rings. The summed E-state index contributed by atoms with van der Waals surface area (Å²) in [5.41, 5.74) is -0.0878. The van der Waals surface area contributed by atoms with Crippen molar-refractivity contribution >= 4 is 0 Å². The van der Waals surface area contributed by atoms with Crippen molar-refractivity contribution in [3.8, 4) is 0 Å². The van der Waals surface area contributed by atoms with Gasteiger partial charge in [-0.1, -0.05) is 13.8 Å². The molecule has 0 atom stereocenters. The SMILES string of the molecule is CCNCC1(CN(CC)CC(F)(F)F)CCOCC1. The lowest BCUT2D eigenvalue weighted by atomic mass is 9.79. The fourth-order valence-electron chi connectivity index (χ4n) is 2.59. The molecular weight excluding hydrogens is 257 g/mol. The van der Waals surface area contributed by atoms with E-state index < -0.39 is 12.7 Å². The molecule has 0 spiro atoms. The summed E-state index contributed by atoms with van der Waals surface area (Å²) in [5, 5.41) is 3.29. The minimum Gasteiger partial charge on any atom is -0.381 e. The molecule has 1 heterocycles. The van der Waals surface area contributed by atoms with E-state index >= 15 is 0 Å². The second-order valence-electron chi connectivity index (χ2n) is 5.31. The molecule has 114 valence electrons. The van der Waals surface area contributed by atoms with Crippen LogP contribution in [0.1, 0.15) is 26.7 Å². The van der Waals surface area contributed by atoms with E-state index in [0.717, 1.165) is 25.9 Å². The molecule has 0 amide bonds. The Balaban J connectivity index is 2.63. The van der Waals surface area contributed by atoms with Gasteiger partial charge in [-0.05, 0) is 31.3 Å². The van der Waals surface area contributed by atoms with Crippen LogP contribution in [0.4, 0.5) is 13.2 Å². The summed E-state index contributed by atoms with van der Waals surface area (Å²) in [6, 6.07) is 0. The standard InChI is InChI=1S/C13H25F3N2O/c1-3-17-9-12(5-7-19-8-6-12)10-18(4-2)11-13(14,15)16/h17H,3-11H2,1-2H3. The molecule has 0 aromatic carbocycles. The van der Waals surface area contributed by atoms with E-state index in [1.165, 1.54) is 4.90 Å². The Morgan fingerprint density at radius 3 is 2.32 bits per heavy atom. The summed E-state index contributed by atoms with van der Waals surface area (Å²) in [6.45, 7) is 6.79. The molecular formula is C13H25F3N2O. The Morgan fingerprint density at radius 1 is 1.21 bits per heavy atom. The number of nitrogens with one attached hydrogen (secondary N) is 1. The van der Waals surface area contributed by atoms with Crippen LogP contribution in [-0.4, -0.2) is 57.0 Å². The maximum absolute atomic E-state index is 12.5. The second kappa shape index (κ2) is 7.45. The van der Waals surface area contributed by atoms with Crippen molar-refractivity contribution in [1.29, 1.82) is 0 Å². The molecule has 0 saturated carbocycles. The average molecular weight is 282 g/mol. The maximum Gasteiger partial charge on any atom is 0.401 e. The molecule has 0 aromatic heterocycles. The number of rotatable bonds is 7. The molecule has 1 saturated heterocycles. The molecule has 0 unspecified atom stereocenters. The van der Waals surface area contributed by atoms with Crippen LogP contribution in [0.3, 0.4) is 0 Å². The smallest absolute Gasteiger partial charge is 0.381 e. The van der Waals surface area contributed by atoms with E-state index in [-0.39, 0.29) is 5.41 Å². The monoisotopic (exact) mass is 282 g/mol. The zero-order chi connectivity index (χ0) is 14.4. The fraction of sp³-hybridized carbons (Fsp3) is 1.00. The Kier molecular flexibility index (Phi) is 6.56. The first-order valence-electron chi connectivity index (χ1n) is 6.98. The quantitative estimate of drug-likeness (QED) is 0.775. The lowest BCUT2D eigenvalue weighted by molar-refractivity contribution is -0.150. The van der Waals surface area contributed by atoms with Crippen molar-refractivity contribution in [3.63, 3.8) is 0 Å². The van der Waals surface area contributed by atoms with E-state index in [0.29, 0.717) is 26.3 Å². The van der Waals surface area contributed by atoms with Gasteiger partial charge in [0.2, 0.25) is 0 Å². The van der Waals surface area contributed by atoms with E-state index in [1.54, 1.807) is 6.92 Å². The van der Waals surface area contributed by atoms with Crippen molar-refractivity contribution in [3.05, 3.63) is 0 Å². The van der Waals surface area contributed by atoms with Gasteiger partial charge < -0.3 is 10.1 Å². The molecule has 0 bridgehead atoms. The summed E-state index contributed by atoms with van der Waals surface area (Å²) in [4.78, 5) is 1.50. The third-order valence-corrected chi connectivity index (χ3v) is 3.71. The minimum atomic E-state index is -4.12. The lowest BCUT2D eigenvalue weighted by Crippen LogP contribution is -2.49.